The zero-order valence-electron chi connectivity index (χ0n) is 18.9. The molecule has 0 N–H and O–H groups in total. The van der Waals surface area contributed by atoms with Crippen molar-refractivity contribution in [3.63, 3.8) is 0 Å². The van der Waals surface area contributed by atoms with Gasteiger partial charge in [-0.2, -0.15) is 0 Å². The van der Waals surface area contributed by atoms with Crippen LogP contribution in [0.5, 0.6) is 0 Å². The summed E-state index contributed by atoms with van der Waals surface area (Å²) in [5, 5.41) is 0. The van der Waals surface area contributed by atoms with Crippen LogP contribution in [-0.2, 0) is 16.0 Å². The highest BCUT2D eigenvalue weighted by atomic mass is 16.2. The van der Waals surface area contributed by atoms with Gasteiger partial charge in [-0.3, -0.25) is 14.5 Å². The lowest BCUT2D eigenvalue weighted by Crippen LogP contribution is -2.43. The number of fused-ring (bicyclic) bond motifs is 1. The Hall–Kier alpha value is -1.98. The smallest absolute Gasteiger partial charge is 0.228 e. The van der Waals surface area contributed by atoms with E-state index in [9.17, 15) is 9.59 Å². The summed E-state index contributed by atoms with van der Waals surface area (Å²) in [5.74, 6) is 3.51. The van der Waals surface area contributed by atoms with Crippen LogP contribution in [0.25, 0.3) is 0 Å². The molecule has 1 aromatic heterocycles. The van der Waals surface area contributed by atoms with Crippen LogP contribution in [0.15, 0.2) is 0 Å². The standard InChI is InChI=1S/C25H36N4O2/c1-17-21-10-11-22(30)29(16-18-6-3-2-4-7-18)24(21)27-23(26-17)19-12-14-28(15-13-19)25(31)20-8-5-9-20/h18-20H,2-16H2,1H3. The first-order valence-corrected chi connectivity index (χ1v) is 12.6. The minimum atomic E-state index is 0.225. The van der Waals surface area contributed by atoms with Crippen molar-refractivity contribution in [3.8, 4) is 0 Å². The van der Waals surface area contributed by atoms with Crippen molar-refractivity contribution >= 4 is 17.6 Å². The zero-order chi connectivity index (χ0) is 21.4. The van der Waals surface area contributed by atoms with Crippen molar-refractivity contribution in [2.45, 2.75) is 89.9 Å². The molecule has 1 aromatic rings. The van der Waals surface area contributed by atoms with Crippen molar-refractivity contribution in [2.24, 2.45) is 11.8 Å². The Bertz CT molecular complexity index is 836. The van der Waals surface area contributed by atoms with Crippen molar-refractivity contribution < 1.29 is 9.59 Å². The largest absolute Gasteiger partial charge is 0.342 e. The molecule has 3 fully saturated rings. The minimum Gasteiger partial charge on any atom is -0.342 e. The molecule has 0 spiro atoms. The monoisotopic (exact) mass is 424 g/mol. The predicted molar refractivity (Wildman–Crippen MR) is 120 cm³/mol. The predicted octanol–water partition coefficient (Wildman–Crippen LogP) is 4.15. The molecular formula is C25H36N4O2. The molecule has 1 saturated heterocycles. The van der Waals surface area contributed by atoms with Gasteiger partial charge in [0.2, 0.25) is 11.8 Å². The summed E-state index contributed by atoms with van der Waals surface area (Å²) >= 11 is 0. The van der Waals surface area contributed by atoms with E-state index in [2.05, 4.69) is 11.8 Å². The summed E-state index contributed by atoms with van der Waals surface area (Å²) in [4.78, 5) is 39.4. The van der Waals surface area contributed by atoms with Gasteiger partial charge in [0.1, 0.15) is 11.6 Å². The first-order valence-electron chi connectivity index (χ1n) is 12.6. The van der Waals surface area contributed by atoms with E-state index in [1.165, 1.54) is 38.5 Å². The number of anilines is 1. The van der Waals surface area contributed by atoms with E-state index in [0.29, 0.717) is 18.2 Å². The van der Waals surface area contributed by atoms with Crippen LogP contribution < -0.4 is 4.90 Å². The van der Waals surface area contributed by atoms with Crippen LogP contribution in [0, 0.1) is 18.8 Å². The van der Waals surface area contributed by atoms with Crippen LogP contribution in [0.4, 0.5) is 5.82 Å². The Morgan fingerprint density at radius 3 is 2.35 bits per heavy atom. The molecule has 0 bridgehead atoms. The fourth-order valence-electron chi connectivity index (χ4n) is 5.87. The second kappa shape index (κ2) is 8.87. The van der Waals surface area contributed by atoms with E-state index in [1.54, 1.807) is 0 Å². The van der Waals surface area contributed by atoms with Gasteiger partial charge in [-0.25, -0.2) is 9.97 Å². The van der Waals surface area contributed by atoms with Crippen molar-refractivity contribution in [2.75, 3.05) is 24.5 Å². The molecule has 3 heterocycles. The third-order valence-electron chi connectivity index (χ3n) is 8.15. The minimum absolute atomic E-state index is 0.225. The SMILES string of the molecule is Cc1nc(C2CCN(C(=O)C3CCC3)CC2)nc2c1CCC(=O)N2CC1CCCCC1. The molecule has 6 heteroatoms. The van der Waals surface area contributed by atoms with Crippen LogP contribution in [0.2, 0.25) is 0 Å². The number of aryl methyl sites for hydroxylation is 1. The molecule has 0 unspecified atom stereocenters. The molecule has 2 amide bonds. The van der Waals surface area contributed by atoms with Gasteiger partial charge in [-0.15, -0.1) is 0 Å². The summed E-state index contributed by atoms with van der Waals surface area (Å²) in [6.45, 7) is 4.51. The molecule has 0 radical (unpaired) electrons. The Balaban J connectivity index is 1.32. The molecule has 4 aliphatic rings. The Kier molecular flexibility index (Phi) is 5.98. The maximum absolute atomic E-state index is 12.9. The van der Waals surface area contributed by atoms with Crippen molar-refractivity contribution in [3.05, 3.63) is 17.1 Å². The molecule has 5 rings (SSSR count). The summed E-state index contributed by atoms with van der Waals surface area (Å²) in [5.41, 5.74) is 2.20. The van der Waals surface area contributed by atoms with Gasteiger partial charge in [0, 0.05) is 49.1 Å². The molecular weight excluding hydrogens is 388 g/mol. The number of hydrogen-bond acceptors (Lipinski definition) is 4. The normalized spacial score (nSPS) is 23.6. The lowest BCUT2D eigenvalue weighted by Gasteiger charge is -2.37. The van der Waals surface area contributed by atoms with E-state index < -0.39 is 0 Å². The molecule has 168 valence electrons. The maximum atomic E-state index is 12.9. The van der Waals surface area contributed by atoms with Gasteiger partial charge in [0.05, 0.1) is 0 Å². The fraction of sp³-hybridized carbons (Fsp3) is 0.760. The van der Waals surface area contributed by atoms with Gasteiger partial charge in [-0.05, 0) is 57.8 Å². The lowest BCUT2D eigenvalue weighted by molar-refractivity contribution is -0.139. The summed E-state index contributed by atoms with van der Waals surface area (Å²) in [7, 11) is 0. The third-order valence-corrected chi connectivity index (χ3v) is 8.15. The highest BCUT2D eigenvalue weighted by Gasteiger charge is 2.34. The number of nitrogens with zero attached hydrogens (tertiary/aromatic N) is 4. The van der Waals surface area contributed by atoms with Crippen molar-refractivity contribution in [1.29, 1.82) is 0 Å². The van der Waals surface area contributed by atoms with Gasteiger partial charge < -0.3 is 4.90 Å². The first kappa shape index (κ1) is 20.9. The molecule has 0 atom stereocenters. The quantitative estimate of drug-likeness (QED) is 0.728. The van der Waals surface area contributed by atoms with Crippen LogP contribution in [0.1, 0.15) is 93.6 Å². The molecule has 2 aliphatic heterocycles. The first-order chi connectivity index (χ1) is 15.1. The number of piperidine rings is 1. The summed E-state index contributed by atoms with van der Waals surface area (Å²) < 4.78 is 0. The summed E-state index contributed by atoms with van der Waals surface area (Å²) in [6.07, 6.45) is 12.9. The third kappa shape index (κ3) is 4.22. The Morgan fingerprint density at radius 1 is 0.935 bits per heavy atom. The zero-order valence-corrected chi connectivity index (χ0v) is 18.9. The van der Waals surface area contributed by atoms with E-state index in [0.717, 1.165) is 74.6 Å². The second-order valence-corrected chi connectivity index (χ2v) is 10.2. The van der Waals surface area contributed by atoms with Gasteiger partial charge in [0.15, 0.2) is 0 Å². The van der Waals surface area contributed by atoms with Crippen molar-refractivity contribution in [1.82, 2.24) is 14.9 Å². The maximum Gasteiger partial charge on any atom is 0.228 e. The molecule has 6 nitrogen and oxygen atoms in total. The molecule has 2 aliphatic carbocycles. The second-order valence-electron chi connectivity index (χ2n) is 10.2. The van der Waals surface area contributed by atoms with E-state index in [-0.39, 0.29) is 17.7 Å². The van der Waals surface area contributed by atoms with Gasteiger partial charge in [0.25, 0.3) is 0 Å². The highest BCUT2D eigenvalue weighted by molar-refractivity contribution is 5.95. The average molecular weight is 425 g/mol. The van der Waals surface area contributed by atoms with Gasteiger partial charge >= 0.3 is 0 Å². The average Bonchev–Trinajstić information content (AvgIpc) is 2.75. The van der Waals surface area contributed by atoms with E-state index >= 15 is 0 Å². The van der Waals surface area contributed by atoms with E-state index in [1.807, 2.05) is 4.90 Å². The molecule has 31 heavy (non-hydrogen) atoms. The Labute approximate surface area is 185 Å². The number of likely N-dealkylation sites (tertiary alicyclic amines) is 1. The number of carbonyl (C=O) groups excluding carboxylic acids is 2. The number of rotatable bonds is 4. The van der Waals surface area contributed by atoms with E-state index in [4.69, 9.17) is 9.97 Å². The number of hydrogen-bond donors (Lipinski definition) is 0. The highest BCUT2D eigenvalue weighted by Crippen LogP contribution is 2.35. The number of carbonyl (C=O) groups is 2. The van der Waals surface area contributed by atoms with Crippen LogP contribution in [-0.4, -0.2) is 46.3 Å². The van der Waals surface area contributed by atoms with Crippen LogP contribution >= 0.6 is 0 Å². The molecule has 0 aromatic carbocycles. The fourth-order valence-corrected chi connectivity index (χ4v) is 5.87. The topological polar surface area (TPSA) is 66.4 Å². The lowest BCUT2D eigenvalue weighted by atomic mass is 9.83. The summed E-state index contributed by atoms with van der Waals surface area (Å²) in [6, 6.07) is 0. The molecule has 2 saturated carbocycles. The number of amides is 2. The van der Waals surface area contributed by atoms with Gasteiger partial charge in [-0.1, -0.05) is 25.7 Å². The number of aromatic nitrogens is 2. The Morgan fingerprint density at radius 2 is 1.68 bits per heavy atom. The van der Waals surface area contributed by atoms with Crippen LogP contribution in [0.3, 0.4) is 0 Å².